The summed E-state index contributed by atoms with van der Waals surface area (Å²) >= 11 is 0. The standard InChI is InChI=1S/C15H28F2N2O/c1-12(2)13-9-18-15(5-3-4-6-15)11-19(13)7-8-20-10-14(16)17/h12-14,18H,3-11H2,1-2H3. The van der Waals surface area contributed by atoms with Crippen molar-refractivity contribution >= 4 is 0 Å². The minimum absolute atomic E-state index is 0.272. The molecule has 0 amide bonds. The van der Waals surface area contributed by atoms with Crippen LogP contribution in [0.4, 0.5) is 8.78 Å². The minimum atomic E-state index is -2.36. The Kier molecular flexibility index (Phi) is 5.75. The second-order valence-electron chi connectivity index (χ2n) is 6.62. The van der Waals surface area contributed by atoms with Gasteiger partial charge in [-0.1, -0.05) is 26.7 Å². The lowest BCUT2D eigenvalue weighted by Gasteiger charge is -2.48. The van der Waals surface area contributed by atoms with Gasteiger partial charge in [0.2, 0.25) is 0 Å². The summed E-state index contributed by atoms with van der Waals surface area (Å²) in [4.78, 5) is 2.46. The lowest BCUT2D eigenvalue weighted by atomic mass is 9.89. The van der Waals surface area contributed by atoms with Crippen LogP contribution in [-0.2, 0) is 4.74 Å². The number of rotatable bonds is 6. The molecular weight excluding hydrogens is 262 g/mol. The lowest BCUT2D eigenvalue weighted by molar-refractivity contribution is -0.0101. The molecule has 1 unspecified atom stereocenters. The van der Waals surface area contributed by atoms with Gasteiger partial charge in [0.1, 0.15) is 6.61 Å². The van der Waals surface area contributed by atoms with E-state index in [2.05, 4.69) is 24.1 Å². The maximum atomic E-state index is 12.1. The van der Waals surface area contributed by atoms with Crippen LogP contribution in [0.1, 0.15) is 39.5 Å². The van der Waals surface area contributed by atoms with Crippen LogP contribution in [0.15, 0.2) is 0 Å². The van der Waals surface area contributed by atoms with Gasteiger partial charge in [-0.15, -0.1) is 0 Å². The highest BCUT2D eigenvalue weighted by molar-refractivity contribution is 5.01. The van der Waals surface area contributed by atoms with E-state index in [1.54, 1.807) is 0 Å². The van der Waals surface area contributed by atoms with Crippen molar-refractivity contribution in [2.45, 2.75) is 57.5 Å². The number of nitrogens with zero attached hydrogens (tertiary/aromatic N) is 1. The van der Waals surface area contributed by atoms with Crippen molar-refractivity contribution in [3.8, 4) is 0 Å². The molecule has 0 bridgehead atoms. The van der Waals surface area contributed by atoms with Crippen molar-refractivity contribution in [2.75, 3.05) is 32.8 Å². The summed E-state index contributed by atoms with van der Waals surface area (Å²) in [6.45, 7) is 7.23. The average molecular weight is 290 g/mol. The van der Waals surface area contributed by atoms with E-state index in [9.17, 15) is 8.78 Å². The molecule has 0 aromatic carbocycles. The second kappa shape index (κ2) is 7.14. The molecule has 1 aliphatic carbocycles. The number of alkyl halides is 2. The molecule has 3 nitrogen and oxygen atoms in total. The third kappa shape index (κ3) is 4.12. The molecule has 1 heterocycles. The molecule has 1 spiro atoms. The van der Waals surface area contributed by atoms with E-state index >= 15 is 0 Å². The molecule has 2 rings (SSSR count). The first-order chi connectivity index (χ1) is 9.52. The van der Waals surface area contributed by atoms with Crippen LogP contribution < -0.4 is 5.32 Å². The molecule has 0 radical (unpaired) electrons. The van der Waals surface area contributed by atoms with Gasteiger partial charge in [-0.05, 0) is 18.8 Å². The number of nitrogens with one attached hydrogen (secondary N) is 1. The number of piperazine rings is 1. The van der Waals surface area contributed by atoms with Crippen LogP contribution in [0.2, 0.25) is 0 Å². The fraction of sp³-hybridized carbons (Fsp3) is 1.00. The zero-order valence-corrected chi connectivity index (χ0v) is 12.7. The van der Waals surface area contributed by atoms with Crippen molar-refractivity contribution in [2.24, 2.45) is 5.92 Å². The van der Waals surface area contributed by atoms with Gasteiger partial charge in [-0.25, -0.2) is 8.78 Å². The topological polar surface area (TPSA) is 24.5 Å². The SMILES string of the molecule is CC(C)C1CNC2(CCCC2)CN1CCOCC(F)F. The Bertz CT molecular complexity index is 294. The predicted molar refractivity (Wildman–Crippen MR) is 76.2 cm³/mol. The summed E-state index contributed by atoms with van der Waals surface area (Å²) in [7, 11) is 0. The predicted octanol–water partition coefficient (Wildman–Crippen LogP) is 2.51. The highest BCUT2D eigenvalue weighted by Crippen LogP contribution is 2.34. The van der Waals surface area contributed by atoms with Crippen molar-refractivity contribution in [1.29, 1.82) is 0 Å². The zero-order valence-electron chi connectivity index (χ0n) is 12.7. The van der Waals surface area contributed by atoms with Gasteiger partial charge in [-0.2, -0.15) is 0 Å². The van der Waals surface area contributed by atoms with Crippen molar-refractivity contribution in [3.05, 3.63) is 0 Å². The normalized spacial score (nSPS) is 27.0. The third-order valence-corrected chi connectivity index (χ3v) is 4.76. The molecule has 118 valence electrons. The van der Waals surface area contributed by atoms with E-state index in [0.717, 1.165) is 19.6 Å². The maximum absolute atomic E-state index is 12.1. The Morgan fingerprint density at radius 3 is 2.60 bits per heavy atom. The summed E-state index contributed by atoms with van der Waals surface area (Å²) in [6, 6.07) is 0.483. The van der Waals surface area contributed by atoms with Gasteiger partial charge < -0.3 is 10.1 Å². The summed E-state index contributed by atoms with van der Waals surface area (Å²) < 4.78 is 29.3. The van der Waals surface area contributed by atoms with Gasteiger partial charge in [0.05, 0.1) is 6.61 Å². The number of hydrogen-bond acceptors (Lipinski definition) is 3. The first kappa shape index (κ1) is 16.1. The van der Waals surface area contributed by atoms with E-state index in [1.165, 1.54) is 25.7 Å². The highest BCUT2D eigenvalue weighted by Gasteiger charge is 2.41. The summed E-state index contributed by atoms with van der Waals surface area (Å²) in [5.74, 6) is 0.566. The second-order valence-corrected chi connectivity index (χ2v) is 6.62. The van der Waals surface area contributed by atoms with Crippen LogP contribution in [0.5, 0.6) is 0 Å². The Labute approximate surface area is 121 Å². The quantitative estimate of drug-likeness (QED) is 0.761. The zero-order chi connectivity index (χ0) is 14.6. The Balaban J connectivity index is 1.86. The molecule has 5 heteroatoms. The molecule has 1 N–H and O–H groups in total. The number of ether oxygens (including phenoxy) is 1. The molecule has 1 aliphatic heterocycles. The van der Waals surface area contributed by atoms with Gasteiger partial charge in [0.15, 0.2) is 0 Å². The highest BCUT2D eigenvalue weighted by atomic mass is 19.3. The van der Waals surface area contributed by atoms with Crippen molar-refractivity contribution in [3.63, 3.8) is 0 Å². The van der Waals surface area contributed by atoms with Gasteiger partial charge in [-0.3, -0.25) is 4.90 Å². The van der Waals surface area contributed by atoms with Gasteiger partial charge >= 0.3 is 0 Å². The molecule has 2 aliphatic rings. The van der Waals surface area contributed by atoms with Crippen LogP contribution >= 0.6 is 0 Å². The molecule has 1 atom stereocenters. The van der Waals surface area contributed by atoms with Crippen LogP contribution in [-0.4, -0.2) is 55.8 Å². The fourth-order valence-corrected chi connectivity index (χ4v) is 3.66. The average Bonchev–Trinajstić information content (AvgIpc) is 2.82. The van der Waals surface area contributed by atoms with Gasteiger partial charge in [0, 0.05) is 31.2 Å². The van der Waals surface area contributed by atoms with Crippen LogP contribution in [0.25, 0.3) is 0 Å². The molecular formula is C15H28F2N2O. The third-order valence-electron chi connectivity index (χ3n) is 4.76. The maximum Gasteiger partial charge on any atom is 0.261 e. The van der Waals surface area contributed by atoms with Crippen molar-refractivity contribution < 1.29 is 13.5 Å². The van der Waals surface area contributed by atoms with E-state index in [4.69, 9.17) is 4.74 Å². The lowest BCUT2D eigenvalue weighted by Crippen LogP contribution is -2.64. The Morgan fingerprint density at radius 2 is 2.00 bits per heavy atom. The minimum Gasteiger partial charge on any atom is -0.374 e. The molecule has 1 saturated carbocycles. The number of hydrogen-bond donors (Lipinski definition) is 1. The summed E-state index contributed by atoms with van der Waals surface area (Å²) in [6.07, 6.45) is 2.72. The first-order valence-corrected chi connectivity index (χ1v) is 7.87. The largest absolute Gasteiger partial charge is 0.374 e. The van der Waals surface area contributed by atoms with E-state index in [0.29, 0.717) is 18.6 Å². The summed E-state index contributed by atoms with van der Waals surface area (Å²) in [5, 5.41) is 3.76. The van der Waals surface area contributed by atoms with Gasteiger partial charge in [0.25, 0.3) is 6.43 Å². The van der Waals surface area contributed by atoms with Crippen LogP contribution in [0, 0.1) is 5.92 Å². The molecule has 0 aromatic heterocycles. The monoisotopic (exact) mass is 290 g/mol. The summed E-state index contributed by atoms with van der Waals surface area (Å²) in [5.41, 5.74) is 0.272. The first-order valence-electron chi connectivity index (χ1n) is 7.87. The Morgan fingerprint density at radius 1 is 1.30 bits per heavy atom. The fourth-order valence-electron chi connectivity index (χ4n) is 3.66. The van der Waals surface area contributed by atoms with Crippen molar-refractivity contribution in [1.82, 2.24) is 10.2 Å². The molecule has 1 saturated heterocycles. The van der Waals surface area contributed by atoms with Crippen LogP contribution in [0.3, 0.4) is 0 Å². The molecule has 2 fully saturated rings. The Hall–Kier alpha value is -0.260. The number of halogens is 2. The van der Waals surface area contributed by atoms with E-state index in [-0.39, 0.29) is 5.54 Å². The van der Waals surface area contributed by atoms with E-state index in [1.807, 2.05) is 0 Å². The smallest absolute Gasteiger partial charge is 0.261 e. The molecule has 0 aromatic rings. The van der Waals surface area contributed by atoms with E-state index < -0.39 is 13.0 Å². The molecule has 20 heavy (non-hydrogen) atoms.